The molecule has 1 saturated carbocycles. The highest BCUT2D eigenvalue weighted by Crippen LogP contribution is 2.44. The van der Waals surface area contributed by atoms with Crippen molar-refractivity contribution < 1.29 is 19.8 Å². The highest BCUT2D eigenvalue weighted by molar-refractivity contribution is 6.18. The minimum absolute atomic E-state index is 0.0584. The Morgan fingerprint density at radius 2 is 1.42 bits per heavy atom. The lowest BCUT2D eigenvalue weighted by Crippen LogP contribution is -2.27. The Kier molecular flexibility index (Phi) is 4.27. The number of Topliss-reactive ketones (excluding diaryl/α,β-unsaturated/α-hetero) is 1. The highest BCUT2D eigenvalue weighted by Gasteiger charge is 2.38. The van der Waals surface area contributed by atoms with Crippen LogP contribution in [0.5, 0.6) is 11.5 Å². The van der Waals surface area contributed by atoms with Crippen molar-refractivity contribution in [3.05, 3.63) is 58.7 Å². The second-order valence-electron chi connectivity index (χ2n) is 7.42. The largest absolute Gasteiger partial charge is 0.507 e. The molecule has 2 N–H and O–H groups in total. The number of ketones is 2. The van der Waals surface area contributed by atoms with Gasteiger partial charge < -0.3 is 10.2 Å². The van der Waals surface area contributed by atoms with Gasteiger partial charge in [0.1, 0.15) is 17.3 Å². The number of phenols is 2. The van der Waals surface area contributed by atoms with Gasteiger partial charge in [-0.1, -0.05) is 56.4 Å². The number of hydrogen-bond acceptors (Lipinski definition) is 4. The van der Waals surface area contributed by atoms with Crippen molar-refractivity contribution in [3.8, 4) is 11.5 Å². The van der Waals surface area contributed by atoms with Gasteiger partial charge in [-0.25, -0.2) is 0 Å². The first kappa shape index (κ1) is 16.8. The molecule has 2 aromatic carbocycles. The maximum atomic E-state index is 13.2. The average molecular weight is 350 g/mol. The first-order valence-electron chi connectivity index (χ1n) is 9.29. The predicted molar refractivity (Wildman–Crippen MR) is 97.7 cm³/mol. The molecule has 0 unspecified atom stereocenters. The Bertz CT molecular complexity index is 822. The minimum atomic E-state index is -0.612. The Balaban J connectivity index is 1.80. The summed E-state index contributed by atoms with van der Waals surface area (Å²) in [5, 5.41) is 20.5. The van der Waals surface area contributed by atoms with Crippen LogP contribution < -0.4 is 0 Å². The molecule has 26 heavy (non-hydrogen) atoms. The van der Waals surface area contributed by atoms with Gasteiger partial charge in [-0.3, -0.25) is 9.59 Å². The number of benzene rings is 2. The van der Waals surface area contributed by atoms with Crippen molar-refractivity contribution in [2.75, 3.05) is 0 Å². The van der Waals surface area contributed by atoms with E-state index in [4.69, 9.17) is 0 Å². The summed E-state index contributed by atoms with van der Waals surface area (Å²) in [7, 11) is 0. The zero-order chi connectivity index (χ0) is 18.3. The number of carbonyl (C=O) groups excluding carboxylic acids is 2. The van der Waals surface area contributed by atoms with Gasteiger partial charge >= 0.3 is 0 Å². The molecule has 0 aliphatic heterocycles. The van der Waals surface area contributed by atoms with Gasteiger partial charge in [0.2, 0.25) is 5.78 Å². The molecular formula is C22H22O4. The molecule has 4 nitrogen and oxygen atoms in total. The van der Waals surface area contributed by atoms with Crippen LogP contribution in [-0.2, 0) is 4.79 Å². The first-order chi connectivity index (χ1) is 12.6. The first-order valence-corrected chi connectivity index (χ1v) is 9.29. The number of rotatable bonds is 3. The summed E-state index contributed by atoms with van der Waals surface area (Å²) in [5.74, 6) is -0.876. The van der Waals surface area contributed by atoms with E-state index in [0.29, 0.717) is 23.5 Å². The number of phenolic OH excluding ortho intramolecular Hbond substituents is 2. The van der Waals surface area contributed by atoms with Gasteiger partial charge in [-0.2, -0.15) is 0 Å². The highest BCUT2D eigenvalue weighted by atomic mass is 16.3. The molecule has 0 radical (unpaired) electrons. The van der Waals surface area contributed by atoms with Gasteiger partial charge in [0.25, 0.3) is 0 Å². The maximum absolute atomic E-state index is 13.2. The van der Waals surface area contributed by atoms with Crippen LogP contribution in [0.25, 0.3) is 0 Å². The molecule has 2 aliphatic carbocycles. The topological polar surface area (TPSA) is 74.6 Å². The lowest BCUT2D eigenvalue weighted by molar-refractivity contribution is -0.120. The smallest absolute Gasteiger partial charge is 0.201 e. The van der Waals surface area contributed by atoms with Gasteiger partial charge in [0.05, 0.1) is 17.0 Å². The zero-order valence-electron chi connectivity index (χ0n) is 14.6. The Hall–Kier alpha value is -2.62. The Morgan fingerprint density at radius 3 is 1.96 bits per heavy atom. The molecule has 0 bridgehead atoms. The van der Waals surface area contributed by atoms with Crippen LogP contribution in [0.3, 0.4) is 0 Å². The number of aromatic hydroxyl groups is 2. The van der Waals surface area contributed by atoms with Crippen molar-refractivity contribution >= 4 is 11.6 Å². The van der Waals surface area contributed by atoms with Crippen LogP contribution in [0.2, 0.25) is 0 Å². The minimum Gasteiger partial charge on any atom is -0.507 e. The van der Waals surface area contributed by atoms with E-state index in [1.165, 1.54) is 18.6 Å². The summed E-state index contributed by atoms with van der Waals surface area (Å²) in [4.78, 5) is 26.1. The van der Waals surface area contributed by atoms with Gasteiger partial charge in [-0.15, -0.1) is 0 Å². The fourth-order valence-corrected chi connectivity index (χ4v) is 4.52. The summed E-state index contributed by atoms with van der Waals surface area (Å²) >= 11 is 0. The third kappa shape index (κ3) is 2.70. The van der Waals surface area contributed by atoms with E-state index >= 15 is 0 Å². The molecular weight excluding hydrogens is 328 g/mol. The monoisotopic (exact) mass is 350 g/mol. The van der Waals surface area contributed by atoms with Crippen LogP contribution in [0.1, 0.15) is 71.5 Å². The van der Waals surface area contributed by atoms with Crippen molar-refractivity contribution in [3.63, 3.8) is 0 Å². The molecule has 4 heteroatoms. The van der Waals surface area contributed by atoms with E-state index < -0.39 is 11.7 Å². The van der Waals surface area contributed by atoms with Crippen LogP contribution in [0, 0.1) is 5.92 Å². The molecule has 2 aliphatic rings. The number of carbonyl (C=O) groups is 2. The third-order valence-corrected chi connectivity index (χ3v) is 5.76. The Labute approximate surface area is 152 Å². The van der Waals surface area contributed by atoms with Gasteiger partial charge in [0.15, 0.2) is 0 Å². The lowest BCUT2D eigenvalue weighted by atomic mass is 9.72. The molecule has 0 heterocycles. The standard InChI is InChI=1S/C22H22O4/c23-16-10-4-8-14-19(18(25)12-13-6-2-1-3-7-13)15-9-5-11-17(24)21(15)22(26)20(14)16/h4-5,8-11,13,19,23-24H,1-3,6-7,12H2. The molecule has 0 aromatic heterocycles. The second-order valence-corrected chi connectivity index (χ2v) is 7.42. The van der Waals surface area contributed by atoms with Crippen LogP contribution in [-0.4, -0.2) is 21.8 Å². The predicted octanol–water partition coefficient (Wildman–Crippen LogP) is 4.31. The molecule has 134 valence electrons. The van der Waals surface area contributed by atoms with Crippen molar-refractivity contribution in [2.45, 2.75) is 44.4 Å². The number of hydrogen-bond donors (Lipinski definition) is 2. The van der Waals surface area contributed by atoms with E-state index in [2.05, 4.69) is 0 Å². The van der Waals surface area contributed by atoms with Crippen LogP contribution in [0.15, 0.2) is 36.4 Å². The average Bonchev–Trinajstić information content (AvgIpc) is 2.62. The Morgan fingerprint density at radius 1 is 0.885 bits per heavy atom. The number of fused-ring (bicyclic) bond motifs is 2. The summed E-state index contributed by atoms with van der Waals surface area (Å²) in [6.07, 6.45) is 6.17. The van der Waals surface area contributed by atoms with Gasteiger partial charge in [-0.05, 0) is 29.2 Å². The van der Waals surface area contributed by atoms with E-state index in [9.17, 15) is 19.8 Å². The van der Waals surface area contributed by atoms with E-state index in [-0.39, 0.29) is 28.4 Å². The normalized spacial score (nSPS) is 17.6. The van der Waals surface area contributed by atoms with Crippen molar-refractivity contribution in [1.82, 2.24) is 0 Å². The fourth-order valence-electron chi connectivity index (χ4n) is 4.52. The molecule has 0 spiro atoms. The molecule has 2 aromatic rings. The van der Waals surface area contributed by atoms with Crippen LogP contribution in [0.4, 0.5) is 0 Å². The van der Waals surface area contributed by atoms with E-state index in [0.717, 1.165) is 25.7 Å². The zero-order valence-corrected chi connectivity index (χ0v) is 14.6. The lowest BCUT2D eigenvalue weighted by Gasteiger charge is -2.29. The van der Waals surface area contributed by atoms with Crippen molar-refractivity contribution in [2.24, 2.45) is 5.92 Å². The molecule has 0 atom stereocenters. The summed E-state index contributed by atoms with van der Waals surface area (Å²) in [6, 6.07) is 9.70. The fraction of sp³-hybridized carbons (Fsp3) is 0.364. The maximum Gasteiger partial charge on any atom is 0.201 e. The summed E-state index contributed by atoms with van der Waals surface area (Å²) in [5.41, 5.74) is 1.38. The molecule has 0 saturated heterocycles. The van der Waals surface area contributed by atoms with E-state index in [1.54, 1.807) is 24.3 Å². The summed E-state index contributed by atoms with van der Waals surface area (Å²) in [6.45, 7) is 0. The molecule has 1 fully saturated rings. The van der Waals surface area contributed by atoms with Crippen LogP contribution >= 0.6 is 0 Å². The summed E-state index contributed by atoms with van der Waals surface area (Å²) < 4.78 is 0. The quantitative estimate of drug-likeness (QED) is 0.865. The van der Waals surface area contributed by atoms with E-state index in [1.807, 2.05) is 0 Å². The molecule has 0 amide bonds. The molecule has 4 rings (SSSR count). The van der Waals surface area contributed by atoms with Crippen molar-refractivity contribution in [1.29, 1.82) is 0 Å². The SMILES string of the molecule is O=C1c2c(O)cccc2C(C(=O)CC2CCCCC2)c2cccc(O)c21. The second kappa shape index (κ2) is 6.60. The van der Waals surface area contributed by atoms with Gasteiger partial charge in [0, 0.05) is 6.42 Å². The third-order valence-electron chi connectivity index (χ3n) is 5.76.